The molecule has 0 bridgehead atoms. The van der Waals surface area contributed by atoms with Crippen LogP contribution in [0.5, 0.6) is 0 Å². The number of rotatable bonds is 15. The Hall–Kier alpha value is -0.0631. The van der Waals surface area contributed by atoms with Gasteiger partial charge in [0.2, 0.25) is 0 Å². The molecule has 0 saturated heterocycles. The van der Waals surface area contributed by atoms with Crippen molar-refractivity contribution in [1.82, 2.24) is 0 Å². The lowest BCUT2D eigenvalue weighted by atomic mass is 9.84. The summed E-state index contributed by atoms with van der Waals surface area (Å²) >= 11 is 0. The Morgan fingerprint density at radius 1 is 1.00 bits per heavy atom. The molecule has 162 valence electrons. The van der Waals surface area contributed by atoms with Gasteiger partial charge in [0, 0.05) is 33.0 Å². The van der Waals surface area contributed by atoms with Crippen LogP contribution in [0.4, 0.5) is 0 Å². The van der Waals surface area contributed by atoms with E-state index in [2.05, 4.69) is 0 Å². The first kappa shape index (κ1) is 25.0. The monoisotopic (exact) mass is 408 g/mol. The van der Waals surface area contributed by atoms with Crippen molar-refractivity contribution in [2.75, 3.05) is 40.1 Å². The molecular weight excluding hydrogens is 368 g/mol. The average molecular weight is 409 g/mol. The first-order valence-electron chi connectivity index (χ1n) is 10.4. The molecule has 0 radical (unpaired) electrons. The third-order valence-electron chi connectivity index (χ3n) is 4.82. The predicted octanol–water partition coefficient (Wildman–Crippen LogP) is 2.98. The maximum atomic E-state index is 10.3. The second-order valence-corrected chi connectivity index (χ2v) is 9.60. The lowest BCUT2D eigenvalue weighted by Gasteiger charge is -2.36. The molecule has 0 spiro atoms. The first-order chi connectivity index (χ1) is 13.0. The molecule has 0 heterocycles. The van der Waals surface area contributed by atoms with Crippen molar-refractivity contribution >= 4 is 8.80 Å². The SMILES string of the molecule is CCO[Si](CCC1CCC(O)C(OC(C)OCCOC)C1)(OCC)OCC. The van der Waals surface area contributed by atoms with Gasteiger partial charge in [0.05, 0.1) is 25.4 Å². The van der Waals surface area contributed by atoms with E-state index in [1.54, 1.807) is 7.11 Å². The second kappa shape index (κ2) is 14.0. The number of aliphatic hydroxyl groups excluding tert-OH is 1. The minimum Gasteiger partial charge on any atom is -0.390 e. The normalized spacial score (nSPS) is 24.9. The van der Waals surface area contributed by atoms with Gasteiger partial charge in [-0.15, -0.1) is 0 Å². The van der Waals surface area contributed by atoms with Crippen LogP contribution in [0, 0.1) is 5.92 Å². The van der Waals surface area contributed by atoms with Gasteiger partial charge in [0.25, 0.3) is 0 Å². The molecule has 0 aromatic rings. The summed E-state index contributed by atoms with van der Waals surface area (Å²) in [5.74, 6) is 0.456. The molecular formula is C19H40O7Si. The zero-order valence-electron chi connectivity index (χ0n) is 17.8. The summed E-state index contributed by atoms with van der Waals surface area (Å²) in [6.45, 7) is 10.6. The fourth-order valence-electron chi connectivity index (χ4n) is 3.57. The largest absolute Gasteiger partial charge is 0.500 e. The van der Waals surface area contributed by atoms with E-state index in [0.717, 1.165) is 31.7 Å². The Morgan fingerprint density at radius 3 is 2.19 bits per heavy atom. The minimum absolute atomic E-state index is 0.205. The lowest BCUT2D eigenvalue weighted by Crippen LogP contribution is -2.46. The van der Waals surface area contributed by atoms with Gasteiger partial charge in [-0.25, -0.2) is 0 Å². The van der Waals surface area contributed by atoms with Crippen molar-refractivity contribution in [3.63, 3.8) is 0 Å². The van der Waals surface area contributed by atoms with E-state index in [0.29, 0.717) is 39.0 Å². The zero-order chi connectivity index (χ0) is 20.1. The number of methoxy groups -OCH3 is 1. The molecule has 1 fully saturated rings. The molecule has 0 aliphatic heterocycles. The van der Waals surface area contributed by atoms with E-state index >= 15 is 0 Å². The van der Waals surface area contributed by atoms with Crippen molar-refractivity contribution in [3.8, 4) is 0 Å². The number of aliphatic hydroxyl groups is 1. The van der Waals surface area contributed by atoms with Gasteiger partial charge in [-0.3, -0.25) is 0 Å². The van der Waals surface area contributed by atoms with Gasteiger partial charge in [0.1, 0.15) is 0 Å². The minimum atomic E-state index is -2.61. The maximum absolute atomic E-state index is 10.3. The van der Waals surface area contributed by atoms with Gasteiger partial charge >= 0.3 is 8.80 Å². The summed E-state index contributed by atoms with van der Waals surface area (Å²) < 4.78 is 34.3. The summed E-state index contributed by atoms with van der Waals surface area (Å²) in [6.07, 6.45) is 2.49. The lowest BCUT2D eigenvalue weighted by molar-refractivity contribution is -0.197. The van der Waals surface area contributed by atoms with Crippen molar-refractivity contribution in [1.29, 1.82) is 0 Å². The third kappa shape index (κ3) is 9.32. The Balaban J connectivity index is 2.54. The van der Waals surface area contributed by atoms with Crippen LogP contribution in [0.1, 0.15) is 53.4 Å². The van der Waals surface area contributed by atoms with Crippen LogP contribution in [0.3, 0.4) is 0 Å². The average Bonchev–Trinajstić information content (AvgIpc) is 2.63. The number of ether oxygens (including phenoxy) is 3. The van der Waals surface area contributed by atoms with Crippen LogP contribution < -0.4 is 0 Å². The molecule has 8 heteroatoms. The Kier molecular flexibility index (Phi) is 13.0. The van der Waals surface area contributed by atoms with E-state index in [-0.39, 0.29) is 12.4 Å². The van der Waals surface area contributed by atoms with Gasteiger partial charge in [0.15, 0.2) is 6.29 Å². The quantitative estimate of drug-likeness (QED) is 0.254. The highest BCUT2D eigenvalue weighted by molar-refractivity contribution is 6.60. The summed E-state index contributed by atoms with van der Waals surface area (Å²) in [5.41, 5.74) is 0. The molecule has 27 heavy (non-hydrogen) atoms. The van der Waals surface area contributed by atoms with Crippen LogP contribution in [0.2, 0.25) is 6.04 Å². The van der Waals surface area contributed by atoms with Crippen LogP contribution >= 0.6 is 0 Å². The molecule has 1 aliphatic carbocycles. The fraction of sp³-hybridized carbons (Fsp3) is 1.00. The summed E-state index contributed by atoms with van der Waals surface area (Å²) in [5, 5.41) is 10.3. The molecule has 0 aromatic heterocycles. The predicted molar refractivity (Wildman–Crippen MR) is 106 cm³/mol. The highest BCUT2D eigenvalue weighted by Gasteiger charge is 2.41. The Labute approximate surface area is 166 Å². The molecule has 0 amide bonds. The molecule has 0 aromatic carbocycles. The second-order valence-electron chi connectivity index (χ2n) is 6.87. The molecule has 1 rings (SSSR count). The van der Waals surface area contributed by atoms with Crippen molar-refractivity contribution in [2.24, 2.45) is 5.92 Å². The molecule has 4 atom stereocenters. The van der Waals surface area contributed by atoms with Crippen molar-refractivity contribution in [2.45, 2.75) is 77.9 Å². The number of hydrogen-bond acceptors (Lipinski definition) is 7. The van der Waals surface area contributed by atoms with Gasteiger partial charge < -0.3 is 32.6 Å². The molecule has 4 unspecified atom stereocenters. The summed E-state index contributed by atoms with van der Waals surface area (Å²) in [4.78, 5) is 0. The third-order valence-corrected chi connectivity index (χ3v) is 7.91. The zero-order valence-corrected chi connectivity index (χ0v) is 18.8. The van der Waals surface area contributed by atoms with Crippen molar-refractivity contribution in [3.05, 3.63) is 0 Å². The highest BCUT2D eigenvalue weighted by atomic mass is 28.4. The van der Waals surface area contributed by atoms with Crippen molar-refractivity contribution < 1.29 is 32.6 Å². The maximum Gasteiger partial charge on any atom is 0.500 e. The Bertz CT molecular complexity index is 355. The van der Waals surface area contributed by atoms with E-state index < -0.39 is 14.9 Å². The summed E-state index contributed by atoms with van der Waals surface area (Å²) in [6, 6.07) is 0.801. The Morgan fingerprint density at radius 2 is 1.63 bits per heavy atom. The van der Waals surface area contributed by atoms with Crippen LogP contribution in [-0.2, 0) is 27.5 Å². The highest BCUT2D eigenvalue weighted by Crippen LogP contribution is 2.33. The topological polar surface area (TPSA) is 75.6 Å². The summed E-state index contributed by atoms with van der Waals surface area (Å²) in [7, 11) is -0.975. The van der Waals surface area contributed by atoms with Crippen LogP contribution in [-0.4, -0.2) is 72.6 Å². The van der Waals surface area contributed by atoms with Gasteiger partial charge in [-0.1, -0.05) is 0 Å². The first-order valence-corrected chi connectivity index (χ1v) is 12.3. The molecule has 1 N–H and O–H groups in total. The standard InChI is InChI=1S/C19H40O7Si/c1-6-23-27(24-7-2,25-8-3)14-11-17-9-10-18(20)19(15-17)26-16(4)22-13-12-21-5/h16-20H,6-15H2,1-5H3. The molecule has 1 aliphatic rings. The van der Waals surface area contributed by atoms with Gasteiger partial charge in [-0.2, -0.15) is 0 Å². The molecule has 1 saturated carbocycles. The number of hydrogen-bond donors (Lipinski definition) is 1. The van der Waals surface area contributed by atoms with E-state index in [4.69, 9.17) is 27.5 Å². The molecule has 7 nitrogen and oxygen atoms in total. The smallest absolute Gasteiger partial charge is 0.390 e. The van der Waals surface area contributed by atoms with Crippen LogP contribution in [0.15, 0.2) is 0 Å². The van der Waals surface area contributed by atoms with E-state index in [1.165, 1.54) is 0 Å². The van der Waals surface area contributed by atoms with Crippen LogP contribution in [0.25, 0.3) is 0 Å². The van der Waals surface area contributed by atoms with E-state index in [1.807, 2.05) is 27.7 Å². The van der Waals surface area contributed by atoms with Gasteiger partial charge in [-0.05, 0) is 59.3 Å². The fourth-order valence-corrected chi connectivity index (χ4v) is 6.33. The van der Waals surface area contributed by atoms with E-state index in [9.17, 15) is 5.11 Å².